The van der Waals surface area contributed by atoms with Gasteiger partial charge < -0.3 is 17.3 Å². The van der Waals surface area contributed by atoms with Crippen molar-refractivity contribution in [3.8, 4) is 0 Å². The van der Waals surface area contributed by atoms with Crippen LogP contribution in [0.4, 0.5) is 5.69 Å². The Kier molecular flexibility index (Phi) is 17.8. The van der Waals surface area contributed by atoms with Crippen LogP contribution in [0, 0.1) is 0 Å². The zero-order valence-electron chi connectivity index (χ0n) is 19.3. The minimum Gasteiger partial charge on any atom is -1.00 e. The highest BCUT2D eigenvalue weighted by atomic mass is 35.5. The van der Waals surface area contributed by atoms with Crippen LogP contribution in [0.5, 0.6) is 0 Å². The van der Waals surface area contributed by atoms with Crippen molar-refractivity contribution in [3.05, 3.63) is 24.0 Å². The molecule has 0 atom stereocenters. The van der Waals surface area contributed by atoms with E-state index in [1.807, 2.05) is 0 Å². The second-order valence-electron chi connectivity index (χ2n) is 8.08. The molecule has 28 heavy (non-hydrogen) atoms. The molecule has 0 amide bonds. The van der Waals surface area contributed by atoms with Crippen LogP contribution in [-0.2, 0) is 13.0 Å². The van der Waals surface area contributed by atoms with Gasteiger partial charge in [0, 0.05) is 37.3 Å². The second kappa shape index (κ2) is 18.3. The predicted molar refractivity (Wildman–Crippen MR) is 121 cm³/mol. The fraction of sp³-hybridized carbons (Fsp3) is 0.800. The molecule has 1 heterocycles. The lowest BCUT2D eigenvalue weighted by molar-refractivity contribution is -0.700. The summed E-state index contributed by atoms with van der Waals surface area (Å²) >= 11 is 0. The number of unbranched alkanes of at least 4 members (excludes halogenated alkanes) is 9. The molecule has 0 bridgehead atoms. The largest absolute Gasteiger partial charge is 1.00 e. The Morgan fingerprint density at radius 2 is 1.25 bits per heavy atom. The number of halogens is 1. The quantitative estimate of drug-likeness (QED) is 0.277. The predicted octanol–water partition coefficient (Wildman–Crippen LogP) is 4.09. The number of aryl methyl sites for hydroxylation is 2. The Labute approximate surface area is 182 Å². The van der Waals surface area contributed by atoms with Gasteiger partial charge in [-0.1, -0.05) is 78.6 Å². The topological polar surface area (TPSA) is 7.12 Å². The number of hydrogen-bond acceptors (Lipinski definition) is 1. The maximum Gasteiger partial charge on any atom is 0.183 e. The summed E-state index contributed by atoms with van der Waals surface area (Å²) in [5.41, 5.74) is 2.98. The summed E-state index contributed by atoms with van der Waals surface area (Å²) in [4.78, 5) is 2.67. The van der Waals surface area contributed by atoms with Crippen LogP contribution in [0.25, 0.3) is 0 Å². The third-order valence-electron chi connectivity index (χ3n) is 5.66. The summed E-state index contributed by atoms with van der Waals surface area (Å²) in [5.74, 6) is 0. The molecule has 0 aromatic carbocycles. The monoisotopic (exact) mass is 410 g/mol. The molecule has 0 N–H and O–H groups in total. The third-order valence-corrected chi connectivity index (χ3v) is 5.66. The molecule has 1 aromatic rings. The molecule has 0 aliphatic heterocycles. The van der Waals surface area contributed by atoms with E-state index in [9.17, 15) is 0 Å². The lowest BCUT2D eigenvalue weighted by Gasteiger charge is -2.25. The molecule has 0 saturated heterocycles. The maximum atomic E-state index is 2.67. The average Bonchev–Trinajstić information content (AvgIpc) is 2.70. The third kappa shape index (κ3) is 11.3. The van der Waals surface area contributed by atoms with Crippen molar-refractivity contribution in [2.45, 2.75) is 118 Å². The van der Waals surface area contributed by atoms with E-state index >= 15 is 0 Å². The molecule has 0 unspecified atom stereocenters. The van der Waals surface area contributed by atoms with Crippen molar-refractivity contribution in [2.24, 2.45) is 0 Å². The molecular formula is C25H47ClN2. The van der Waals surface area contributed by atoms with Gasteiger partial charge in [0.05, 0.1) is 0 Å². The van der Waals surface area contributed by atoms with Gasteiger partial charge in [0.15, 0.2) is 11.9 Å². The van der Waals surface area contributed by atoms with Crippen LogP contribution in [-0.4, -0.2) is 13.1 Å². The van der Waals surface area contributed by atoms with Crippen LogP contribution < -0.4 is 21.9 Å². The van der Waals surface area contributed by atoms with Gasteiger partial charge in [0.25, 0.3) is 0 Å². The molecule has 0 fully saturated rings. The SMILES string of the molecule is CCCCCCc1cc(N(CCCCCC)CCCCCC)cc[n+]1CC.[Cl-]. The molecule has 3 heteroatoms. The van der Waals surface area contributed by atoms with Gasteiger partial charge in [0.1, 0.15) is 6.54 Å². The first-order valence-corrected chi connectivity index (χ1v) is 12.0. The molecular weight excluding hydrogens is 364 g/mol. The molecule has 0 aliphatic carbocycles. The Bertz CT molecular complexity index is 464. The van der Waals surface area contributed by atoms with E-state index in [-0.39, 0.29) is 12.4 Å². The summed E-state index contributed by atoms with van der Waals surface area (Å²) in [5, 5.41) is 0. The molecule has 0 aliphatic rings. The van der Waals surface area contributed by atoms with E-state index < -0.39 is 0 Å². The van der Waals surface area contributed by atoms with Crippen molar-refractivity contribution in [1.82, 2.24) is 0 Å². The van der Waals surface area contributed by atoms with Gasteiger partial charge >= 0.3 is 0 Å². The molecule has 0 radical (unpaired) electrons. The van der Waals surface area contributed by atoms with E-state index in [4.69, 9.17) is 0 Å². The standard InChI is InChI=1S/C25H47N2.ClH/c1-5-9-12-15-18-24-23-25(19-22-26(24)8-4)27(20-16-13-10-6-2)21-17-14-11-7-3;/h19,22-23H,5-18,20-21H2,1-4H3;1H/q+1;/p-1. The number of anilines is 1. The highest BCUT2D eigenvalue weighted by Gasteiger charge is 2.14. The van der Waals surface area contributed by atoms with E-state index in [2.05, 4.69) is 55.5 Å². The number of rotatable bonds is 17. The summed E-state index contributed by atoms with van der Waals surface area (Å²) in [7, 11) is 0. The van der Waals surface area contributed by atoms with Crippen LogP contribution in [0.1, 0.15) is 110 Å². The number of aromatic nitrogens is 1. The van der Waals surface area contributed by atoms with E-state index in [0.717, 1.165) is 6.54 Å². The lowest BCUT2D eigenvalue weighted by atomic mass is 10.1. The number of hydrogen-bond donors (Lipinski definition) is 0. The minimum absolute atomic E-state index is 0. The van der Waals surface area contributed by atoms with Gasteiger partial charge in [-0.3, -0.25) is 0 Å². The van der Waals surface area contributed by atoms with E-state index in [0.29, 0.717) is 0 Å². The van der Waals surface area contributed by atoms with Crippen molar-refractivity contribution in [3.63, 3.8) is 0 Å². The van der Waals surface area contributed by atoms with Gasteiger partial charge in [-0.15, -0.1) is 0 Å². The molecule has 1 rings (SSSR count). The first-order valence-electron chi connectivity index (χ1n) is 12.0. The fourth-order valence-corrected chi connectivity index (χ4v) is 3.85. The van der Waals surface area contributed by atoms with Gasteiger partial charge in [-0.2, -0.15) is 0 Å². The fourth-order valence-electron chi connectivity index (χ4n) is 3.85. The van der Waals surface area contributed by atoms with Gasteiger partial charge in [0.2, 0.25) is 0 Å². The molecule has 164 valence electrons. The van der Waals surface area contributed by atoms with E-state index in [1.165, 1.54) is 108 Å². The van der Waals surface area contributed by atoms with Crippen molar-refractivity contribution >= 4 is 5.69 Å². The van der Waals surface area contributed by atoms with Gasteiger partial charge in [-0.05, 0) is 26.2 Å². The Hall–Kier alpha value is -0.760. The van der Waals surface area contributed by atoms with Gasteiger partial charge in [-0.25, -0.2) is 4.57 Å². The van der Waals surface area contributed by atoms with Crippen LogP contribution in [0.3, 0.4) is 0 Å². The Morgan fingerprint density at radius 1 is 0.714 bits per heavy atom. The molecule has 0 saturated carbocycles. The maximum absolute atomic E-state index is 2.67. The molecule has 2 nitrogen and oxygen atoms in total. The van der Waals surface area contributed by atoms with Crippen molar-refractivity contribution in [2.75, 3.05) is 18.0 Å². The Balaban J connectivity index is 0.00000729. The van der Waals surface area contributed by atoms with Crippen LogP contribution >= 0.6 is 0 Å². The highest BCUT2D eigenvalue weighted by Crippen LogP contribution is 2.18. The molecule has 1 aromatic heterocycles. The second-order valence-corrected chi connectivity index (χ2v) is 8.08. The summed E-state index contributed by atoms with van der Waals surface area (Å²) < 4.78 is 2.45. The first-order chi connectivity index (χ1) is 13.3. The lowest BCUT2D eigenvalue weighted by Crippen LogP contribution is -3.00. The minimum atomic E-state index is 0. The normalized spacial score (nSPS) is 10.7. The van der Waals surface area contributed by atoms with Crippen molar-refractivity contribution < 1.29 is 17.0 Å². The Morgan fingerprint density at radius 3 is 1.75 bits per heavy atom. The number of pyridine rings is 1. The van der Waals surface area contributed by atoms with Crippen LogP contribution in [0.15, 0.2) is 18.3 Å². The summed E-state index contributed by atoms with van der Waals surface area (Å²) in [6, 6.07) is 4.85. The highest BCUT2D eigenvalue weighted by molar-refractivity contribution is 5.45. The summed E-state index contributed by atoms with van der Waals surface area (Å²) in [6.45, 7) is 12.7. The smallest absolute Gasteiger partial charge is 0.183 e. The zero-order valence-corrected chi connectivity index (χ0v) is 20.1. The molecule has 0 spiro atoms. The first kappa shape index (κ1) is 27.2. The zero-order chi connectivity index (χ0) is 19.7. The number of nitrogens with zero attached hydrogens (tertiary/aromatic N) is 2. The summed E-state index contributed by atoms with van der Waals surface area (Å²) in [6.07, 6.45) is 19.7. The van der Waals surface area contributed by atoms with Crippen molar-refractivity contribution in [1.29, 1.82) is 0 Å². The van der Waals surface area contributed by atoms with Crippen LogP contribution in [0.2, 0.25) is 0 Å². The van der Waals surface area contributed by atoms with E-state index in [1.54, 1.807) is 0 Å². The average molecular weight is 411 g/mol.